The molecule has 1 aliphatic heterocycles. The Balaban J connectivity index is 2.81. The van der Waals surface area contributed by atoms with Crippen molar-refractivity contribution >= 4 is 29.2 Å². The first-order valence-corrected chi connectivity index (χ1v) is 4.76. The third kappa shape index (κ3) is 1.87. The smallest absolute Gasteiger partial charge is 0.332 e. The van der Waals surface area contributed by atoms with Crippen LogP contribution in [0.25, 0.3) is 0 Å². The van der Waals surface area contributed by atoms with E-state index < -0.39 is 16.3 Å². The molecular weight excluding hydrogens is 227 g/mol. The first kappa shape index (κ1) is 11.4. The number of carboxylic acids is 1. The Hall–Kier alpha value is -0.710. The van der Waals surface area contributed by atoms with Gasteiger partial charge in [-0.05, 0) is 6.08 Å². The van der Waals surface area contributed by atoms with E-state index in [9.17, 15) is 4.79 Å². The Kier molecular flexibility index (Phi) is 3.42. The molecule has 6 heteroatoms. The molecule has 0 aromatic carbocycles. The minimum absolute atomic E-state index is 0.478. The number of alkyl halides is 2. The average molecular weight is 237 g/mol. The van der Waals surface area contributed by atoms with Gasteiger partial charge in [0.25, 0.3) is 0 Å². The van der Waals surface area contributed by atoms with Crippen LogP contribution >= 0.6 is 23.2 Å². The van der Waals surface area contributed by atoms with Crippen molar-refractivity contribution in [2.24, 2.45) is 0 Å². The van der Waals surface area contributed by atoms with E-state index in [0.717, 1.165) is 0 Å². The zero-order valence-electron chi connectivity index (χ0n) is 7.28. The number of hydrogen-bond acceptors (Lipinski definition) is 3. The number of carboxylic acid groups (broad SMARTS) is 1. The molecule has 0 aromatic heterocycles. The van der Waals surface area contributed by atoms with Crippen LogP contribution in [-0.4, -0.2) is 33.0 Å². The highest BCUT2D eigenvalue weighted by Crippen LogP contribution is 2.26. The van der Waals surface area contributed by atoms with Crippen LogP contribution in [0.2, 0.25) is 0 Å². The third-order valence-electron chi connectivity index (χ3n) is 1.87. The van der Waals surface area contributed by atoms with Gasteiger partial charge >= 0.3 is 5.97 Å². The fraction of sp³-hybridized carbons (Fsp3) is 0.375. The molecule has 1 rings (SSSR count). The van der Waals surface area contributed by atoms with Crippen LogP contribution < -0.4 is 5.43 Å². The molecule has 0 amide bonds. The third-order valence-corrected chi connectivity index (χ3v) is 2.56. The fourth-order valence-corrected chi connectivity index (χ4v) is 1.53. The molecule has 0 fully saturated rings. The minimum atomic E-state index is -1.44. The molecule has 1 aliphatic rings. The lowest BCUT2D eigenvalue weighted by atomic mass is 10.1. The first-order chi connectivity index (χ1) is 6.53. The van der Waals surface area contributed by atoms with Gasteiger partial charge in [-0.3, -0.25) is 0 Å². The Labute approximate surface area is 91.8 Å². The van der Waals surface area contributed by atoms with E-state index in [0.29, 0.717) is 6.54 Å². The van der Waals surface area contributed by atoms with Crippen molar-refractivity contribution in [2.45, 2.75) is 10.4 Å². The largest absolute Gasteiger partial charge is 0.480 e. The SMILES string of the molecule is C=CCN1C=CC(C(=O)O)(C(Cl)Cl)N1. The highest BCUT2D eigenvalue weighted by molar-refractivity contribution is 6.46. The minimum Gasteiger partial charge on any atom is -0.480 e. The molecule has 4 nitrogen and oxygen atoms in total. The van der Waals surface area contributed by atoms with Crippen molar-refractivity contribution < 1.29 is 9.90 Å². The number of halogens is 2. The van der Waals surface area contributed by atoms with Gasteiger partial charge in [0.15, 0.2) is 5.54 Å². The van der Waals surface area contributed by atoms with Crippen molar-refractivity contribution in [1.82, 2.24) is 10.4 Å². The zero-order valence-corrected chi connectivity index (χ0v) is 8.79. The van der Waals surface area contributed by atoms with Gasteiger partial charge < -0.3 is 10.1 Å². The van der Waals surface area contributed by atoms with Crippen LogP contribution in [0, 0.1) is 0 Å². The summed E-state index contributed by atoms with van der Waals surface area (Å²) < 4.78 is 0. The molecule has 0 spiro atoms. The summed E-state index contributed by atoms with van der Waals surface area (Å²) in [5.74, 6) is -1.12. The van der Waals surface area contributed by atoms with Crippen molar-refractivity contribution in [3.05, 3.63) is 24.9 Å². The summed E-state index contributed by atoms with van der Waals surface area (Å²) in [6.07, 6.45) is 4.63. The van der Waals surface area contributed by atoms with Gasteiger partial charge in [-0.1, -0.05) is 6.08 Å². The van der Waals surface area contributed by atoms with Gasteiger partial charge in [0, 0.05) is 6.20 Å². The molecule has 1 heterocycles. The van der Waals surface area contributed by atoms with Crippen LogP contribution in [0.15, 0.2) is 24.9 Å². The van der Waals surface area contributed by atoms with Crippen molar-refractivity contribution in [3.8, 4) is 0 Å². The normalized spacial score (nSPS) is 25.8. The number of carbonyl (C=O) groups is 1. The maximum Gasteiger partial charge on any atom is 0.332 e. The van der Waals surface area contributed by atoms with E-state index in [1.54, 1.807) is 17.3 Å². The van der Waals surface area contributed by atoms with Crippen LogP contribution in [-0.2, 0) is 4.79 Å². The van der Waals surface area contributed by atoms with Crippen LogP contribution in [0.4, 0.5) is 0 Å². The Morgan fingerprint density at radius 3 is 2.79 bits per heavy atom. The number of hydrogen-bond donors (Lipinski definition) is 2. The van der Waals surface area contributed by atoms with Gasteiger partial charge in [-0.25, -0.2) is 10.2 Å². The first-order valence-electron chi connectivity index (χ1n) is 3.89. The Morgan fingerprint density at radius 1 is 1.79 bits per heavy atom. The lowest BCUT2D eigenvalue weighted by molar-refractivity contribution is -0.143. The fourth-order valence-electron chi connectivity index (χ4n) is 1.10. The number of nitrogens with zero attached hydrogens (tertiary/aromatic N) is 1. The monoisotopic (exact) mass is 236 g/mol. The highest BCUT2D eigenvalue weighted by atomic mass is 35.5. The van der Waals surface area contributed by atoms with E-state index in [4.69, 9.17) is 28.3 Å². The average Bonchev–Trinajstić information content (AvgIpc) is 2.50. The second-order valence-corrected chi connectivity index (χ2v) is 3.94. The number of aliphatic carboxylic acids is 1. The van der Waals surface area contributed by atoms with Gasteiger partial charge in [0.2, 0.25) is 0 Å². The lowest BCUT2D eigenvalue weighted by Crippen LogP contribution is -2.56. The Bertz CT molecular complexity index is 281. The second-order valence-electron chi connectivity index (χ2n) is 2.84. The highest BCUT2D eigenvalue weighted by Gasteiger charge is 2.46. The van der Waals surface area contributed by atoms with Crippen molar-refractivity contribution in [2.75, 3.05) is 6.54 Å². The van der Waals surface area contributed by atoms with E-state index >= 15 is 0 Å². The molecule has 0 radical (unpaired) electrons. The molecule has 0 aliphatic carbocycles. The topological polar surface area (TPSA) is 52.6 Å². The molecule has 78 valence electrons. The van der Waals surface area contributed by atoms with Gasteiger partial charge in [-0.2, -0.15) is 0 Å². The lowest BCUT2D eigenvalue weighted by Gasteiger charge is -2.27. The van der Waals surface area contributed by atoms with Gasteiger partial charge in [0.05, 0.1) is 6.54 Å². The Morgan fingerprint density at radius 2 is 2.43 bits per heavy atom. The van der Waals surface area contributed by atoms with Crippen molar-refractivity contribution in [3.63, 3.8) is 0 Å². The van der Waals surface area contributed by atoms with Crippen molar-refractivity contribution in [1.29, 1.82) is 0 Å². The van der Waals surface area contributed by atoms with Crippen LogP contribution in [0.5, 0.6) is 0 Å². The summed E-state index contributed by atoms with van der Waals surface area (Å²) in [5, 5.41) is 10.5. The maximum absolute atomic E-state index is 11.0. The molecule has 14 heavy (non-hydrogen) atoms. The van der Waals surface area contributed by atoms with E-state index in [-0.39, 0.29) is 0 Å². The molecule has 2 N–H and O–H groups in total. The molecule has 0 saturated carbocycles. The van der Waals surface area contributed by atoms with E-state index in [1.807, 2.05) is 0 Å². The number of nitrogens with one attached hydrogen (secondary N) is 1. The predicted molar refractivity (Wildman–Crippen MR) is 55.0 cm³/mol. The van der Waals surface area contributed by atoms with Gasteiger partial charge in [0.1, 0.15) is 4.84 Å². The number of rotatable bonds is 4. The predicted octanol–water partition coefficient (Wildman–Crippen LogP) is 1.13. The van der Waals surface area contributed by atoms with Crippen LogP contribution in [0.1, 0.15) is 0 Å². The van der Waals surface area contributed by atoms with E-state index in [2.05, 4.69) is 12.0 Å². The summed E-state index contributed by atoms with van der Waals surface area (Å²) in [5.41, 5.74) is 1.25. The molecule has 1 atom stereocenters. The molecule has 0 saturated heterocycles. The molecule has 0 aromatic rings. The summed E-state index contributed by atoms with van der Waals surface area (Å²) in [6, 6.07) is 0. The van der Waals surface area contributed by atoms with E-state index in [1.165, 1.54) is 6.08 Å². The summed E-state index contributed by atoms with van der Waals surface area (Å²) in [7, 11) is 0. The number of hydrazine groups is 1. The maximum atomic E-state index is 11.0. The standard InChI is InChI=1S/C8H10Cl2N2O2/c1-2-4-12-5-3-8(11-12,6(9)10)7(13)14/h2-3,5-6,11H,1,4H2,(H,13,14). The summed E-state index contributed by atoms with van der Waals surface area (Å²) >= 11 is 11.2. The summed E-state index contributed by atoms with van der Waals surface area (Å²) in [6.45, 7) is 4.01. The quantitative estimate of drug-likeness (QED) is 0.568. The molecule has 1 unspecified atom stereocenters. The van der Waals surface area contributed by atoms with Gasteiger partial charge in [-0.15, -0.1) is 29.8 Å². The second kappa shape index (κ2) is 4.21. The zero-order chi connectivity index (χ0) is 10.8. The molecular formula is C8H10Cl2N2O2. The van der Waals surface area contributed by atoms with Crippen LogP contribution in [0.3, 0.4) is 0 Å². The molecule has 0 bridgehead atoms. The summed E-state index contributed by atoms with van der Waals surface area (Å²) in [4.78, 5) is 9.92.